The zero-order valence-corrected chi connectivity index (χ0v) is 9.40. The Bertz CT molecular complexity index is 306. The lowest BCUT2D eigenvalue weighted by Crippen LogP contribution is -2.34. The lowest BCUT2D eigenvalue weighted by Gasteiger charge is -2.25. The molecule has 1 aliphatic heterocycles. The SMILES string of the molecule is CC1(C)OCCC1OCc1ccccc1. The van der Waals surface area contributed by atoms with E-state index in [0.717, 1.165) is 13.0 Å². The molecule has 0 saturated carbocycles. The molecule has 1 aromatic carbocycles. The van der Waals surface area contributed by atoms with Crippen LogP contribution in [0.15, 0.2) is 30.3 Å². The first-order valence-electron chi connectivity index (χ1n) is 5.48. The van der Waals surface area contributed by atoms with Crippen molar-refractivity contribution in [3.05, 3.63) is 35.9 Å². The molecule has 1 atom stereocenters. The van der Waals surface area contributed by atoms with Crippen LogP contribution in [-0.4, -0.2) is 18.3 Å². The minimum absolute atomic E-state index is 0.130. The van der Waals surface area contributed by atoms with Crippen LogP contribution in [0.5, 0.6) is 0 Å². The number of ether oxygens (including phenoxy) is 2. The second-order valence-electron chi connectivity index (χ2n) is 4.53. The fourth-order valence-corrected chi connectivity index (χ4v) is 1.92. The highest BCUT2D eigenvalue weighted by Gasteiger charge is 2.36. The van der Waals surface area contributed by atoms with Gasteiger partial charge in [-0.1, -0.05) is 30.3 Å². The van der Waals surface area contributed by atoms with Crippen molar-refractivity contribution < 1.29 is 9.47 Å². The summed E-state index contributed by atoms with van der Waals surface area (Å²) in [7, 11) is 0. The Kier molecular flexibility index (Phi) is 3.08. The van der Waals surface area contributed by atoms with Gasteiger partial charge >= 0.3 is 0 Å². The zero-order chi connectivity index (χ0) is 10.7. The van der Waals surface area contributed by atoms with E-state index in [2.05, 4.69) is 26.0 Å². The highest BCUT2D eigenvalue weighted by molar-refractivity contribution is 5.13. The van der Waals surface area contributed by atoms with Crippen LogP contribution in [0.3, 0.4) is 0 Å². The van der Waals surface area contributed by atoms with Gasteiger partial charge in [0.2, 0.25) is 0 Å². The summed E-state index contributed by atoms with van der Waals surface area (Å²) in [6.07, 6.45) is 1.22. The fraction of sp³-hybridized carbons (Fsp3) is 0.538. The number of benzene rings is 1. The van der Waals surface area contributed by atoms with Gasteiger partial charge in [-0.3, -0.25) is 0 Å². The summed E-state index contributed by atoms with van der Waals surface area (Å²) in [5, 5.41) is 0. The Morgan fingerprint density at radius 2 is 2.07 bits per heavy atom. The Morgan fingerprint density at radius 1 is 1.33 bits per heavy atom. The molecule has 1 saturated heterocycles. The van der Waals surface area contributed by atoms with E-state index >= 15 is 0 Å². The minimum Gasteiger partial charge on any atom is -0.373 e. The molecule has 0 spiro atoms. The molecule has 0 radical (unpaired) electrons. The standard InChI is InChI=1S/C13H18O2/c1-13(2)12(8-9-15-13)14-10-11-6-4-3-5-7-11/h3-7,12H,8-10H2,1-2H3. The summed E-state index contributed by atoms with van der Waals surface area (Å²) in [4.78, 5) is 0. The van der Waals surface area contributed by atoms with Gasteiger partial charge in [0.1, 0.15) is 0 Å². The third kappa shape index (κ3) is 2.58. The molecule has 2 nitrogen and oxygen atoms in total. The third-order valence-electron chi connectivity index (χ3n) is 2.92. The van der Waals surface area contributed by atoms with E-state index in [-0.39, 0.29) is 11.7 Å². The van der Waals surface area contributed by atoms with Crippen LogP contribution in [-0.2, 0) is 16.1 Å². The van der Waals surface area contributed by atoms with E-state index in [1.807, 2.05) is 18.2 Å². The van der Waals surface area contributed by atoms with Crippen molar-refractivity contribution in [1.82, 2.24) is 0 Å². The predicted molar refractivity (Wildman–Crippen MR) is 59.7 cm³/mol. The molecule has 1 unspecified atom stereocenters. The van der Waals surface area contributed by atoms with Crippen LogP contribution >= 0.6 is 0 Å². The highest BCUT2D eigenvalue weighted by Crippen LogP contribution is 2.28. The van der Waals surface area contributed by atoms with Gasteiger partial charge in [-0.15, -0.1) is 0 Å². The number of hydrogen-bond acceptors (Lipinski definition) is 2. The van der Waals surface area contributed by atoms with E-state index in [1.165, 1.54) is 5.56 Å². The van der Waals surface area contributed by atoms with E-state index in [1.54, 1.807) is 0 Å². The smallest absolute Gasteiger partial charge is 0.0888 e. The van der Waals surface area contributed by atoms with Crippen LogP contribution in [0.4, 0.5) is 0 Å². The van der Waals surface area contributed by atoms with Crippen molar-refractivity contribution in [2.75, 3.05) is 6.61 Å². The normalized spacial score (nSPS) is 24.3. The van der Waals surface area contributed by atoms with E-state index in [0.29, 0.717) is 6.61 Å². The van der Waals surface area contributed by atoms with Crippen LogP contribution < -0.4 is 0 Å². The number of hydrogen-bond donors (Lipinski definition) is 0. The van der Waals surface area contributed by atoms with Crippen LogP contribution in [0.1, 0.15) is 25.8 Å². The summed E-state index contributed by atoms with van der Waals surface area (Å²) >= 11 is 0. The van der Waals surface area contributed by atoms with Gasteiger partial charge in [0.25, 0.3) is 0 Å². The molecular weight excluding hydrogens is 188 g/mol. The first kappa shape index (κ1) is 10.7. The Hall–Kier alpha value is -0.860. The molecular formula is C13H18O2. The molecule has 15 heavy (non-hydrogen) atoms. The molecule has 0 bridgehead atoms. The second kappa shape index (κ2) is 4.33. The fourth-order valence-electron chi connectivity index (χ4n) is 1.92. The van der Waals surface area contributed by atoms with Crippen molar-refractivity contribution in [1.29, 1.82) is 0 Å². The van der Waals surface area contributed by atoms with Gasteiger partial charge in [-0.2, -0.15) is 0 Å². The topological polar surface area (TPSA) is 18.5 Å². The largest absolute Gasteiger partial charge is 0.373 e. The maximum Gasteiger partial charge on any atom is 0.0888 e. The first-order valence-corrected chi connectivity index (χ1v) is 5.48. The van der Waals surface area contributed by atoms with E-state index in [9.17, 15) is 0 Å². The Morgan fingerprint density at radius 3 is 2.67 bits per heavy atom. The lowest BCUT2D eigenvalue weighted by molar-refractivity contribution is -0.0693. The lowest BCUT2D eigenvalue weighted by atomic mass is 10.0. The monoisotopic (exact) mass is 206 g/mol. The van der Waals surface area contributed by atoms with Crippen molar-refractivity contribution in [2.24, 2.45) is 0 Å². The van der Waals surface area contributed by atoms with Crippen molar-refractivity contribution >= 4 is 0 Å². The molecule has 0 aromatic heterocycles. The zero-order valence-electron chi connectivity index (χ0n) is 9.40. The van der Waals surface area contributed by atoms with Gasteiger partial charge < -0.3 is 9.47 Å². The molecule has 1 fully saturated rings. The summed E-state index contributed by atoms with van der Waals surface area (Å²) < 4.78 is 11.5. The molecule has 1 aliphatic rings. The van der Waals surface area contributed by atoms with Crippen LogP contribution in [0, 0.1) is 0 Å². The summed E-state index contributed by atoms with van der Waals surface area (Å²) in [6, 6.07) is 10.3. The third-order valence-corrected chi connectivity index (χ3v) is 2.92. The first-order chi connectivity index (χ1) is 7.18. The van der Waals surface area contributed by atoms with Crippen LogP contribution in [0.2, 0.25) is 0 Å². The average molecular weight is 206 g/mol. The van der Waals surface area contributed by atoms with Crippen molar-refractivity contribution in [3.8, 4) is 0 Å². The maximum atomic E-state index is 5.88. The minimum atomic E-state index is -0.130. The summed E-state index contributed by atoms with van der Waals surface area (Å²) in [5.74, 6) is 0. The molecule has 1 heterocycles. The van der Waals surface area contributed by atoms with E-state index in [4.69, 9.17) is 9.47 Å². The quantitative estimate of drug-likeness (QED) is 0.757. The molecule has 2 rings (SSSR count). The predicted octanol–water partition coefficient (Wildman–Crippen LogP) is 2.77. The second-order valence-corrected chi connectivity index (χ2v) is 4.53. The summed E-state index contributed by atoms with van der Waals surface area (Å²) in [6.45, 7) is 5.68. The molecule has 82 valence electrons. The Balaban J connectivity index is 1.89. The molecule has 0 N–H and O–H groups in total. The molecule has 1 aromatic rings. The average Bonchev–Trinajstić information content (AvgIpc) is 2.56. The van der Waals surface area contributed by atoms with Crippen molar-refractivity contribution in [3.63, 3.8) is 0 Å². The Labute approximate surface area is 91.2 Å². The van der Waals surface area contributed by atoms with Crippen molar-refractivity contribution in [2.45, 2.75) is 38.6 Å². The maximum absolute atomic E-state index is 5.88. The van der Waals surface area contributed by atoms with Gasteiger partial charge in [-0.05, 0) is 25.8 Å². The molecule has 2 heteroatoms. The highest BCUT2D eigenvalue weighted by atomic mass is 16.6. The van der Waals surface area contributed by atoms with Crippen LogP contribution in [0.25, 0.3) is 0 Å². The molecule has 0 aliphatic carbocycles. The molecule has 0 amide bonds. The van der Waals surface area contributed by atoms with Gasteiger partial charge in [0.05, 0.1) is 24.9 Å². The van der Waals surface area contributed by atoms with Gasteiger partial charge in [-0.25, -0.2) is 0 Å². The van der Waals surface area contributed by atoms with Gasteiger partial charge in [0.15, 0.2) is 0 Å². The number of rotatable bonds is 3. The van der Waals surface area contributed by atoms with E-state index < -0.39 is 0 Å². The summed E-state index contributed by atoms with van der Waals surface area (Å²) in [5.41, 5.74) is 1.09. The van der Waals surface area contributed by atoms with Gasteiger partial charge in [0, 0.05) is 0 Å².